The summed E-state index contributed by atoms with van der Waals surface area (Å²) in [5.74, 6) is 1.03. The number of likely N-dealkylation sites (tertiary alicyclic amines) is 1. The highest BCUT2D eigenvalue weighted by molar-refractivity contribution is 5.81. The Morgan fingerprint density at radius 2 is 2.10 bits per heavy atom. The normalized spacial score (nSPS) is 19.5. The summed E-state index contributed by atoms with van der Waals surface area (Å²) in [6.07, 6.45) is 2.60. The number of guanidine groups is 1. The van der Waals surface area contributed by atoms with E-state index in [0.717, 1.165) is 32.0 Å². The van der Waals surface area contributed by atoms with Crippen LogP contribution in [0, 0.1) is 5.41 Å². The van der Waals surface area contributed by atoms with Crippen molar-refractivity contribution in [1.29, 1.82) is 0 Å². The highest BCUT2D eigenvalue weighted by Gasteiger charge is 2.30. The third-order valence-corrected chi connectivity index (χ3v) is 3.93. The van der Waals surface area contributed by atoms with Crippen LogP contribution >= 0.6 is 0 Å². The second-order valence-electron chi connectivity index (χ2n) is 6.70. The van der Waals surface area contributed by atoms with E-state index in [-0.39, 0.29) is 11.9 Å². The van der Waals surface area contributed by atoms with E-state index >= 15 is 0 Å². The number of hydrogen-bond donors (Lipinski definition) is 2. The summed E-state index contributed by atoms with van der Waals surface area (Å²) in [6.45, 7) is 14.2. The number of nitrogens with one attached hydrogen (secondary N) is 2. The summed E-state index contributed by atoms with van der Waals surface area (Å²) in [5.41, 5.74) is 0.351. The van der Waals surface area contributed by atoms with Crippen molar-refractivity contribution in [2.45, 2.75) is 59.9 Å². The van der Waals surface area contributed by atoms with Gasteiger partial charge in [-0.3, -0.25) is 9.79 Å². The maximum absolute atomic E-state index is 11.8. The van der Waals surface area contributed by atoms with Crippen molar-refractivity contribution in [3.05, 3.63) is 0 Å². The lowest BCUT2D eigenvalue weighted by molar-refractivity contribution is -0.121. The number of carbonyl (C=O) groups is 1. The van der Waals surface area contributed by atoms with Gasteiger partial charge in [-0.1, -0.05) is 20.8 Å². The molecule has 1 fully saturated rings. The van der Waals surface area contributed by atoms with Crippen molar-refractivity contribution in [3.63, 3.8) is 0 Å². The molecule has 1 aliphatic heterocycles. The number of rotatable bonds is 6. The monoisotopic (exact) mass is 296 g/mol. The number of amides is 1. The number of nitrogens with zero attached hydrogens (tertiary/aromatic N) is 2. The highest BCUT2D eigenvalue weighted by Crippen LogP contribution is 2.28. The summed E-state index contributed by atoms with van der Waals surface area (Å²) in [5, 5.41) is 6.31. The van der Waals surface area contributed by atoms with Crippen LogP contribution in [0.25, 0.3) is 0 Å². The molecule has 5 heteroatoms. The summed E-state index contributed by atoms with van der Waals surface area (Å²) in [7, 11) is 0. The Balaban J connectivity index is 2.47. The minimum absolute atomic E-state index is 0.0886. The molecule has 0 saturated carbocycles. The molecule has 122 valence electrons. The Morgan fingerprint density at radius 3 is 2.62 bits per heavy atom. The Hall–Kier alpha value is -1.26. The molecule has 0 spiro atoms. The topological polar surface area (TPSA) is 56.7 Å². The Kier molecular flexibility index (Phi) is 6.99. The van der Waals surface area contributed by atoms with Crippen LogP contribution in [0.1, 0.15) is 53.9 Å². The van der Waals surface area contributed by atoms with E-state index in [1.807, 2.05) is 6.92 Å². The largest absolute Gasteiger partial charge is 0.357 e. The van der Waals surface area contributed by atoms with Crippen LogP contribution < -0.4 is 10.6 Å². The Morgan fingerprint density at radius 1 is 1.38 bits per heavy atom. The quantitative estimate of drug-likeness (QED) is 0.582. The molecular formula is C16H32N4O. The second kappa shape index (κ2) is 8.25. The van der Waals surface area contributed by atoms with Crippen molar-refractivity contribution < 1.29 is 4.79 Å². The molecule has 0 aromatic rings. The first-order chi connectivity index (χ1) is 9.88. The molecule has 0 radical (unpaired) electrons. The van der Waals surface area contributed by atoms with Gasteiger partial charge in [0.2, 0.25) is 5.91 Å². The zero-order valence-electron chi connectivity index (χ0n) is 14.3. The lowest BCUT2D eigenvalue weighted by Gasteiger charge is -2.23. The zero-order valence-corrected chi connectivity index (χ0v) is 14.3. The third-order valence-electron chi connectivity index (χ3n) is 3.93. The predicted octanol–water partition coefficient (Wildman–Crippen LogP) is 1.99. The first kappa shape index (κ1) is 17.8. The molecule has 1 aliphatic rings. The van der Waals surface area contributed by atoms with Crippen LogP contribution in [0.4, 0.5) is 0 Å². The summed E-state index contributed by atoms with van der Waals surface area (Å²) in [4.78, 5) is 18.7. The van der Waals surface area contributed by atoms with Crippen molar-refractivity contribution in [1.82, 2.24) is 15.5 Å². The average Bonchev–Trinajstić information content (AvgIpc) is 2.77. The highest BCUT2D eigenvalue weighted by atomic mass is 16.1. The molecule has 21 heavy (non-hydrogen) atoms. The summed E-state index contributed by atoms with van der Waals surface area (Å²) >= 11 is 0. The second-order valence-corrected chi connectivity index (χ2v) is 6.70. The predicted molar refractivity (Wildman–Crippen MR) is 88.5 cm³/mol. The van der Waals surface area contributed by atoms with Crippen LogP contribution in [-0.2, 0) is 4.79 Å². The minimum atomic E-state index is 0.0886. The van der Waals surface area contributed by atoms with E-state index in [9.17, 15) is 4.79 Å². The number of hydrogen-bond acceptors (Lipinski definition) is 2. The van der Waals surface area contributed by atoms with E-state index in [1.54, 1.807) is 0 Å². The van der Waals surface area contributed by atoms with Gasteiger partial charge in [0.15, 0.2) is 5.96 Å². The molecule has 1 rings (SSSR count). The standard InChI is InChI=1S/C16H32N4O/c1-6-13(3)19-14(21)8-10-18-15(17-7-2)20-11-9-16(4,5)12-20/h13H,6-12H2,1-5H3,(H,17,18)(H,19,21). The first-order valence-electron chi connectivity index (χ1n) is 8.20. The molecule has 1 atom stereocenters. The van der Waals surface area contributed by atoms with Crippen LogP contribution in [0.5, 0.6) is 0 Å². The lowest BCUT2D eigenvalue weighted by atomic mass is 9.93. The van der Waals surface area contributed by atoms with E-state index in [1.165, 1.54) is 6.42 Å². The van der Waals surface area contributed by atoms with Gasteiger partial charge < -0.3 is 15.5 Å². The molecule has 2 N–H and O–H groups in total. The molecule has 1 unspecified atom stereocenters. The maximum Gasteiger partial charge on any atom is 0.222 e. The fourth-order valence-electron chi connectivity index (χ4n) is 2.43. The number of carbonyl (C=O) groups excluding carboxylic acids is 1. The molecule has 5 nitrogen and oxygen atoms in total. The van der Waals surface area contributed by atoms with Crippen molar-refractivity contribution >= 4 is 11.9 Å². The lowest BCUT2D eigenvalue weighted by Crippen LogP contribution is -2.41. The van der Waals surface area contributed by atoms with Gasteiger partial charge in [0, 0.05) is 32.1 Å². The Bertz CT molecular complexity index is 365. The SMILES string of the molecule is CCNC(=NCCC(=O)NC(C)CC)N1CCC(C)(C)C1. The van der Waals surface area contributed by atoms with Gasteiger partial charge in [0.1, 0.15) is 0 Å². The van der Waals surface area contributed by atoms with Crippen LogP contribution in [0.2, 0.25) is 0 Å². The van der Waals surface area contributed by atoms with E-state index < -0.39 is 0 Å². The molecule has 1 heterocycles. The first-order valence-corrected chi connectivity index (χ1v) is 8.20. The van der Waals surface area contributed by atoms with Crippen molar-refractivity contribution in [2.24, 2.45) is 10.4 Å². The molecule has 1 amide bonds. The van der Waals surface area contributed by atoms with Crippen molar-refractivity contribution in [2.75, 3.05) is 26.2 Å². The molecule has 0 aromatic carbocycles. The number of aliphatic imine (C=N–C) groups is 1. The fraction of sp³-hybridized carbons (Fsp3) is 0.875. The third kappa shape index (κ3) is 6.36. The van der Waals surface area contributed by atoms with E-state index in [0.29, 0.717) is 18.4 Å². The van der Waals surface area contributed by atoms with E-state index in [2.05, 4.69) is 48.2 Å². The average molecular weight is 296 g/mol. The smallest absolute Gasteiger partial charge is 0.222 e. The van der Waals surface area contributed by atoms with Gasteiger partial charge in [0.25, 0.3) is 0 Å². The molecular weight excluding hydrogens is 264 g/mol. The van der Waals surface area contributed by atoms with Crippen LogP contribution in [0.15, 0.2) is 4.99 Å². The summed E-state index contributed by atoms with van der Waals surface area (Å²) < 4.78 is 0. The van der Waals surface area contributed by atoms with Crippen LogP contribution in [-0.4, -0.2) is 49.0 Å². The van der Waals surface area contributed by atoms with Crippen LogP contribution in [0.3, 0.4) is 0 Å². The molecule has 0 bridgehead atoms. The van der Waals surface area contributed by atoms with Gasteiger partial charge in [-0.05, 0) is 32.1 Å². The van der Waals surface area contributed by atoms with Gasteiger partial charge in [-0.25, -0.2) is 0 Å². The summed E-state index contributed by atoms with van der Waals surface area (Å²) in [6, 6.07) is 0.245. The van der Waals surface area contributed by atoms with E-state index in [4.69, 9.17) is 0 Å². The maximum atomic E-state index is 11.8. The minimum Gasteiger partial charge on any atom is -0.357 e. The van der Waals surface area contributed by atoms with Gasteiger partial charge in [0.05, 0.1) is 6.54 Å². The van der Waals surface area contributed by atoms with Gasteiger partial charge in [-0.15, -0.1) is 0 Å². The zero-order chi connectivity index (χ0) is 15.9. The Labute approximate surface area is 129 Å². The molecule has 0 aliphatic carbocycles. The van der Waals surface area contributed by atoms with Crippen molar-refractivity contribution in [3.8, 4) is 0 Å². The van der Waals surface area contributed by atoms with Gasteiger partial charge in [-0.2, -0.15) is 0 Å². The molecule has 0 aromatic heterocycles. The fourth-order valence-corrected chi connectivity index (χ4v) is 2.43. The molecule has 1 saturated heterocycles. The van der Waals surface area contributed by atoms with Gasteiger partial charge >= 0.3 is 0 Å².